The highest BCUT2D eigenvalue weighted by molar-refractivity contribution is 6.32. The molecule has 0 saturated heterocycles. The maximum atomic E-state index is 12.3. The van der Waals surface area contributed by atoms with Crippen molar-refractivity contribution in [2.24, 2.45) is 0 Å². The maximum Gasteiger partial charge on any atom is 0.256 e. The number of fused-ring (bicyclic) bond motifs is 1. The van der Waals surface area contributed by atoms with E-state index >= 15 is 0 Å². The highest BCUT2D eigenvalue weighted by Crippen LogP contribution is 2.28. The van der Waals surface area contributed by atoms with Crippen LogP contribution >= 0.6 is 23.2 Å². The number of pyridine rings is 1. The van der Waals surface area contributed by atoms with Gasteiger partial charge in [0.2, 0.25) is 5.28 Å². The summed E-state index contributed by atoms with van der Waals surface area (Å²) in [5, 5.41) is 0.399. The van der Waals surface area contributed by atoms with Crippen molar-refractivity contribution >= 4 is 29.1 Å². The van der Waals surface area contributed by atoms with Crippen molar-refractivity contribution < 1.29 is 4.79 Å². The van der Waals surface area contributed by atoms with Crippen LogP contribution in [0, 0.1) is 0 Å². The molecule has 3 heterocycles. The molecule has 1 amide bonds. The van der Waals surface area contributed by atoms with Crippen LogP contribution in [0.3, 0.4) is 0 Å². The Morgan fingerprint density at radius 2 is 2.11 bits per heavy atom. The van der Waals surface area contributed by atoms with Crippen LogP contribution in [0.5, 0.6) is 0 Å². The molecule has 7 heteroatoms. The van der Waals surface area contributed by atoms with Gasteiger partial charge in [0.25, 0.3) is 5.91 Å². The SMILES string of the molecule is O=C(c1cccnc1)N1Cc2nc(Cl)nc(Cl)c2C1. The Kier molecular flexibility index (Phi) is 3.08. The number of carbonyl (C=O) groups is 1. The van der Waals surface area contributed by atoms with Crippen molar-refractivity contribution in [3.05, 3.63) is 51.8 Å². The fraction of sp³-hybridized carbons (Fsp3) is 0.167. The lowest BCUT2D eigenvalue weighted by Crippen LogP contribution is -2.25. The summed E-state index contributed by atoms with van der Waals surface area (Å²) >= 11 is 11.8. The van der Waals surface area contributed by atoms with Crippen LogP contribution in [0.2, 0.25) is 10.4 Å². The van der Waals surface area contributed by atoms with Crippen LogP contribution < -0.4 is 0 Å². The van der Waals surface area contributed by atoms with Crippen molar-refractivity contribution in [1.29, 1.82) is 0 Å². The average molecular weight is 295 g/mol. The van der Waals surface area contributed by atoms with Gasteiger partial charge in [-0.15, -0.1) is 0 Å². The molecule has 0 fully saturated rings. The van der Waals surface area contributed by atoms with Crippen LogP contribution in [-0.4, -0.2) is 25.8 Å². The third-order valence-electron chi connectivity index (χ3n) is 2.90. The summed E-state index contributed by atoms with van der Waals surface area (Å²) < 4.78 is 0. The number of aromatic nitrogens is 3. The molecule has 0 saturated carbocycles. The number of rotatable bonds is 1. The summed E-state index contributed by atoms with van der Waals surface area (Å²) in [7, 11) is 0. The van der Waals surface area contributed by atoms with Crippen molar-refractivity contribution in [2.45, 2.75) is 13.1 Å². The van der Waals surface area contributed by atoms with E-state index in [1.807, 2.05) is 0 Å². The van der Waals surface area contributed by atoms with Crippen molar-refractivity contribution in [3.8, 4) is 0 Å². The van der Waals surface area contributed by atoms with Gasteiger partial charge in [-0.05, 0) is 23.7 Å². The zero-order valence-corrected chi connectivity index (χ0v) is 11.2. The van der Waals surface area contributed by atoms with E-state index in [0.717, 1.165) is 5.56 Å². The minimum absolute atomic E-state index is 0.0967. The number of carbonyl (C=O) groups excluding carboxylic acids is 1. The first-order valence-electron chi connectivity index (χ1n) is 5.55. The molecule has 19 heavy (non-hydrogen) atoms. The zero-order valence-electron chi connectivity index (χ0n) is 9.68. The first kappa shape index (κ1) is 12.3. The Morgan fingerprint density at radius 3 is 2.84 bits per heavy atom. The minimum atomic E-state index is -0.113. The van der Waals surface area contributed by atoms with Crippen LogP contribution in [0.15, 0.2) is 24.5 Å². The first-order chi connectivity index (χ1) is 9.15. The highest BCUT2D eigenvalue weighted by atomic mass is 35.5. The van der Waals surface area contributed by atoms with Gasteiger partial charge >= 0.3 is 0 Å². The van der Waals surface area contributed by atoms with Crippen LogP contribution in [0.1, 0.15) is 21.6 Å². The predicted octanol–water partition coefficient (Wildman–Crippen LogP) is 2.33. The van der Waals surface area contributed by atoms with Gasteiger partial charge in [-0.2, -0.15) is 0 Å². The molecule has 0 aliphatic carbocycles. The van der Waals surface area contributed by atoms with E-state index in [9.17, 15) is 4.79 Å². The summed E-state index contributed by atoms with van der Waals surface area (Å²) in [6, 6.07) is 3.44. The van der Waals surface area contributed by atoms with E-state index in [0.29, 0.717) is 29.5 Å². The standard InChI is InChI=1S/C12H8Cl2N4O/c13-10-8-5-18(6-9(8)16-12(14)17-10)11(19)7-2-1-3-15-4-7/h1-4H,5-6H2. The average Bonchev–Trinajstić information content (AvgIpc) is 2.83. The highest BCUT2D eigenvalue weighted by Gasteiger charge is 2.28. The molecule has 1 aliphatic heterocycles. The van der Waals surface area contributed by atoms with Crippen molar-refractivity contribution in [2.75, 3.05) is 0 Å². The van der Waals surface area contributed by atoms with Gasteiger partial charge in [0.05, 0.1) is 24.3 Å². The molecule has 0 bridgehead atoms. The molecular formula is C12H8Cl2N4O. The second-order valence-corrected chi connectivity index (χ2v) is 4.81. The largest absolute Gasteiger partial charge is 0.328 e. The summed E-state index contributed by atoms with van der Waals surface area (Å²) in [5.41, 5.74) is 1.98. The molecule has 0 unspecified atom stereocenters. The number of halogens is 2. The Bertz CT molecular complexity index is 648. The minimum Gasteiger partial charge on any atom is -0.328 e. The zero-order chi connectivity index (χ0) is 13.4. The second kappa shape index (κ2) is 4.75. The Labute approximate surface area is 119 Å². The van der Waals surface area contributed by atoms with Crippen LogP contribution in [0.25, 0.3) is 0 Å². The Morgan fingerprint density at radius 1 is 1.26 bits per heavy atom. The third kappa shape index (κ3) is 2.27. The molecular weight excluding hydrogens is 287 g/mol. The van der Waals surface area contributed by atoms with Gasteiger partial charge in [-0.1, -0.05) is 11.6 Å². The summed E-state index contributed by atoms with van der Waals surface area (Å²) in [5.74, 6) is -0.113. The van der Waals surface area contributed by atoms with E-state index in [1.165, 1.54) is 6.20 Å². The summed E-state index contributed by atoms with van der Waals surface area (Å²) in [6.07, 6.45) is 3.16. The molecule has 5 nitrogen and oxygen atoms in total. The van der Waals surface area contributed by atoms with E-state index < -0.39 is 0 Å². The van der Waals surface area contributed by atoms with Crippen LogP contribution in [0.4, 0.5) is 0 Å². The third-order valence-corrected chi connectivity index (χ3v) is 3.38. The molecule has 2 aromatic heterocycles. The number of hydrogen-bond acceptors (Lipinski definition) is 4. The second-order valence-electron chi connectivity index (χ2n) is 4.11. The van der Waals surface area contributed by atoms with Gasteiger partial charge in [0.15, 0.2) is 0 Å². The van der Waals surface area contributed by atoms with E-state index in [-0.39, 0.29) is 11.2 Å². The fourth-order valence-electron chi connectivity index (χ4n) is 2.00. The van der Waals surface area contributed by atoms with Gasteiger partial charge in [-0.3, -0.25) is 9.78 Å². The molecule has 0 spiro atoms. The lowest BCUT2D eigenvalue weighted by molar-refractivity contribution is 0.0750. The van der Waals surface area contributed by atoms with Gasteiger partial charge in [0.1, 0.15) is 5.15 Å². The molecule has 2 aromatic rings. The van der Waals surface area contributed by atoms with E-state index in [1.54, 1.807) is 23.2 Å². The van der Waals surface area contributed by atoms with Crippen molar-refractivity contribution in [3.63, 3.8) is 0 Å². The summed E-state index contributed by atoms with van der Waals surface area (Å²) in [4.78, 5) is 25.8. The predicted molar refractivity (Wildman–Crippen MR) is 69.9 cm³/mol. The molecule has 0 atom stereocenters. The Balaban J connectivity index is 1.88. The van der Waals surface area contributed by atoms with Crippen molar-refractivity contribution in [1.82, 2.24) is 19.9 Å². The number of amides is 1. The fourth-order valence-corrected chi connectivity index (χ4v) is 2.48. The molecule has 1 aliphatic rings. The topological polar surface area (TPSA) is 59.0 Å². The maximum absolute atomic E-state index is 12.3. The number of hydrogen-bond donors (Lipinski definition) is 0. The molecule has 96 valence electrons. The quantitative estimate of drug-likeness (QED) is 0.598. The van der Waals surface area contributed by atoms with E-state index in [4.69, 9.17) is 23.2 Å². The molecule has 0 N–H and O–H groups in total. The monoisotopic (exact) mass is 294 g/mol. The van der Waals surface area contributed by atoms with Gasteiger partial charge in [-0.25, -0.2) is 9.97 Å². The lowest BCUT2D eigenvalue weighted by Gasteiger charge is -2.14. The normalized spacial score (nSPS) is 13.5. The molecule has 0 aromatic carbocycles. The van der Waals surface area contributed by atoms with E-state index in [2.05, 4.69) is 15.0 Å². The lowest BCUT2D eigenvalue weighted by atomic mass is 10.2. The molecule has 3 rings (SSSR count). The van der Waals surface area contributed by atoms with Gasteiger partial charge < -0.3 is 4.90 Å². The van der Waals surface area contributed by atoms with Gasteiger partial charge in [0, 0.05) is 18.0 Å². The number of nitrogens with zero attached hydrogens (tertiary/aromatic N) is 4. The smallest absolute Gasteiger partial charge is 0.256 e. The first-order valence-corrected chi connectivity index (χ1v) is 6.31. The molecule has 0 radical (unpaired) electrons. The Hall–Kier alpha value is -1.72. The van der Waals surface area contributed by atoms with Crippen LogP contribution in [-0.2, 0) is 13.1 Å². The summed E-state index contributed by atoms with van der Waals surface area (Å²) in [6.45, 7) is 0.768.